The van der Waals surface area contributed by atoms with Crippen LogP contribution in [0, 0.1) is 5.92 Å². The molecule has 182 valence electrons. The van der Waals surface area contributed by atoms with E-state index in [9.17, 15) is 18.0 Å². The molecule has 10 heteroatoms. The highest BCUT2D eigenvalue weighted by Gasteiger charge is 2.31. The Hall–Kier alpha value is -2.85. The number of piperazine rings is 1. The summed E-state index contributed by atoms with van der Waals surface area (Å²) < 4.78 is 38.3. The largest absolute Gasteiger partial charge is 0.416 e. The van der Waals surface area contributed by atoms with Crippen LogP contribution in [0.15, 0.2) is 30.3 Å². The Labute approximate surface area is 196 Å². The number of imidazole rings is 1. The summed E-state index contributed by atoms with van der Waals surface area (Å²) in [6.45, 7) is 5.02. The Morgan fingerprint density at radius 1 is 1.06 bits per heavy atom. The first-order valence-electron chi connectivity index (χ1n) is 11.8. The third kappa shape index (κ3) is 4.97. The quantitative estimate of drug-likeness (QED) is 0.635. The zero-order chi connectivity index (χ0) is 23.7. The van der Waals surface area contributed by atoms with Gasteiger partial charge in [0, 0.05) is 38.8 Å². The lowest BCUT2D eigenvalue weighted by Gasteiger charge is -2.34. The molecule has 3 aliphatic heterocycles. The van der Waals surface area contributed by atoms with Crippen molar-refractivity contribution in [3.05, 3.63) is 53.0 Å². The van der Waals surface area contributed by atoms with Crippen LogP contribution in [0.2, 0.25) is 0 Å². The van der Waals surface area contributed by atoms with Gasteiger partial charge in [-0.15, -0.1) is 0 Å². The number of nitrogens with zero attached hydrogens (tertiary/aromatic N) is 3. The lowest BCUT2D eigenvalue weighted by molar-refractivity contribution is -0.137. The molecule has 1 aromatic heterocycles. The van der Waals surface area contributed by atoms with Crippen LogP contribution in [-0.2, 0) is 12.7 Å². The maximum absolute atomic E-state index is 13.0. The summed E-state index contributed by atoms with van der Waals surface area (Å²) in [5, 5.41) is 6.87. The summed E-state index contributed by atoms with van der Waals surface area (Å²) >= 11 is 0. The van der Waals surface area contributed by atoms with Crippen molar-refractivity contribution in [2.24, 2.45) is 5.92 Å². The lowest BCUT2D eigenvalue weighted by Crippen LogP contribution is -2.48. The Kier molecular flexibility index (Phi) is 6.35. The lowest BCUT2D eigenvalue weighted by atomic mass is 9.89. The number of hydrogen-bond donors (Lipinski definition) is 3. The van der Waals surface area contributed by atoms with Crippen LogP contribution < -0.4 is 10.6 Å². The third-order valence-electron chi connectivity index (χ3n) is 6.95. The second-order valence-corrected chi connectivity index (χ2v) is 9.23. The first-order valence-corrected chi connectivity index (χ1v) is 11.8. The van der Waals surface area contributed by atoms with E-state index in [4.69, 9.17) is 0 Å². The monoisotopic (exact) mass is 474 g/mol. The number of nitrogens with one attached hydrogen (secondary N) is 3. The summed E-state index contributed by atoms with van der Waals surface area (Å²) in [7, 11) is 0. The maximum atomic E-state index is 13.0. The molecular weight excluding hydrogens is 445 g/mol. The number of halogens is 3. The topological polar surface area (TPSA) is 76.3 Å². The number of hydrogen-bond acceptors (Lipinski definition) is 5. The number of piperidine rings is 1. The number of H-pyrrole nitrogens is 1. The van der Waals surface area contributed by atoms with E-state index in [1.54, 1.807) is 4.90 Å². The minimum absolute atomic E-state index is 0.128. The number of amides is 1. The number of rotatable bonds is 4. The smallest absolute Gasteiger partial charge is 0.362 e. The molecule has 2 aromatic rings. The number of aromatic nitrogens is 2. The number of anilines is 1. The van der Waals surface area contributed by atoms with Crippen LogP contribution >= 0.6 is 0 Å². The molecule has 1 unspecified atom stereocenters. The Bertz CT molecular complexity index is 1030. The number of carbonyl (C=O) groups excluding carboxylic acids is 1. The average molecular weight is 475 g/mol. The minimum Gasteiger partial charge on any atom is -0.362 e. The molecule has 0 bridgehead atoms. The van der Waals surface area contributed by atoms with Gasteiger partial charge < -0.3 is 20.5 Å². The van der Waals surface area contributed by atoms with E-state index in [-0.39, 0.29) is 11.9 Å². The van der Waals surface area contributed by atoms with Crippen molar-refractivity contribution >= 4 is 17.8 Å². The number of benzene rings is 1. The van der Waals surface area contributed by atoms with Crippen LogP contribution in [0.5, 0.6) is 0 Å². The fourth-order valence-electron chi connectivity index (χ4n) is 4.92. The second kappa shape index (κ2) is 9.42. The van der Waals surface area contributed by atoms with Gasteiger partial charge in [-0.2, -0.15) is 13.2 Å². The molecule has 0 aliphatic carbocycles. The molecule has 3 N–H and O–H groups in total. The highest BCUT2D eigenvalue weighted by molar-refractivity contribution is 5.92. The number of carbonyl (C=O) groups is 1. The molecule has 4 heterocycles. The van der Waals surface area contributed by atoms with E-state index < -0.39 is 11.7 Å². The predicted octanol–water partition coefficient (Wildman–Crippen LogP) is 3.19. The van der Waals surface area contributed by atoms with Crippen LogP contribution in [0.25, 0.3) is 6.08 Å². The Morgan fingerprint density at radius 2 is 1.76 bits per heavy atom. The Balaban J connectivity index is 1.15. The average Bonchev–Trinajstić information content (AvgIpc) is 3.28. The third-order valence-corrected chi connectivity index (χ3v) is 6.95. The van der Waals surface area contributed by atoms with Gasteiger partial charge in [0.2, 0.25) is 0 Å². The molecule has 2 saturated heterocycles. The minimum atomic E-state index is -4.32. The highest BCUT2D eigenvalue weighted by Crippen LogP contribution is 2.30. The number of fused-ring (bicyclic) bond motifs is 1. The zero-order valence-electron chi connectivity index (χ0n) is 18.9. The van der Waals surface area contributed by atoms with E-state index in [1.165, 1.54) is 12.1 Å². The molecule has 1 atom stereocenters. The van der Waals surface area contributed by atoms with Gasteiger partial charge in [-0.25, -0.2) is 4.98 Å². The standard InChI is InChI=1S/C24H29F3N6O/c25-24(26,27)18-3-1-16(2-4-18)15-32-11-13-33(14-12-32)23(34)22-30-20-6-5-19(29-21(20)31-22)17-7-9-28-10-8-17/h1-6,17,19,28-29H,7-15H2,(H,30,31). The van der Waals surface area contributed by atoms with E-state index >= 15 is 0 Å². The predicted molar refractivity (Wildman–Crippen MR) is 123 cm³/mol. The van der Waals surface area contributed by atoms with E-state index in [0.29, 0.717) is 44.5 Å². The molecule has 34 heavy (non-hydrogen) atoms. The Morgan fingerprint density at radius 3 is 2.44 bits per heavy atom. The molecule has 0 radical (unpaired) electrons. The van der Waals surface area contributed by atoms with Crippen molar-refractivity contribution in [1.82, 2.24) is 25.1 Å². The highest BCUT2D eigenvalue weighted by atomic mass is 19.4. The molecule has 3 aliphatic rings. The van der Waals surface area contributed by atoms with Gasteiger partial charge in [0.1, 0.15) is 0 Å². The van der Waals surface area contributed by atoms with Crippen LogP contribution in [0.3, 0.4) is 0 Å². The fourth-order valence-corrected chi connectivity index (χ4v) is 4.92. The summed E-state index contributed by atoms with van der Waals surface area (Å²) in [6, 6.07) is 5.50. The van der Waals surface area contributed by atoms with Crippen molar-refractivity contribution < 1.29 is 18.0 Å². The summed E-state index contributed by atoms with van der Waals surface area (Å²) in [6.07, 6.45) is 2.08. The van der Waals surface area contributed by atoms with Gasteiger partial charge in [0.25, 0.3) is 5.91 Å². The SMILES string of the molecule is O=C(c1nc2c([nH]1)C=CC(C1CCNCC1)N2)N1CCN(Cc2ccc(C(F)(F)F)cc2)CC1. The first-order chi connectivity index (χ1) is 16.4. The molecule has 5 rings (SSSR count). The van der Waals surface area contributed by atoms with Crippen molar-refractivity contribution in [3.8, 4) is 0 Å². The molecule has 7 nitrogen and oxygen atoms in total. The zero-order valence-corrected chi connectivity index (χ0v) is 18.9. The number of alkyl halides is 3. The van der Waals surface area contributed by atoms with Crippen molar-refractivity contribution in [2.45, 2.75) is 31.6 Å². The normalized spacial score (nSPS) is 21.9. The van der Waals surface area contributed by atoms with Crippen molar-refractivity contribution in [3.63, 3.8) is 0 Å². The maximum Gasteiger partial charge on any atom is 0.416 e. The summed E-state index contributed by atoms with van der Waals surface area (Å²) in [4.78, 5) is 24.7. The number of aromatic amines is 1. The second-order valence-electron chi connectivity index (χ2n) is 9.23. The molecule has 2 fully saturated rings. The van der Waals surface area contributed by atoms with Crippen LogP contribution in [0.4, 0.5) is 19.0 Å². The van der Waals surface area contributed by atoms with Gasteiger partial charge in [-0.05, 0) is 55.6 Å². The molecular formula is C24H29F3N6O. The molecule has 1 aromatic carbocycles. The van der Waals surface area contributed by atoms with Crippen molar-refractivity contribution in [2.75, 3.05) is 44.6 Å². The van der Waals surface area contributed by atoms with E-state index in [2.05, 4.69) is 31.6 Å². The summed E-state index contributed by atoms with van der Waals surface area (Å²) in [5.74, 6) is 1.50. The van der Waals surface area contributed by atoms with Gasteiger partial charge in [-0.1, -0.05) is 18.2 Å². The fraction of sp³-hybridized carbons (Fsp3) is 0.500. The van der Waals surface area contributed by atoms with Gasteiger partial charge >= 0.3 is 6.18 Å². The first kappa shape index (κ1) is 22.9. The van der Waals surface area contributed by atoms with Crippen LogP contribution in [-0.4, -0.2) is 71.0 Å². The molecule has 0 spiro atoms. The molecule has 1 amide bonds. The van der Waals surface area contributed by atoms with Gasteiger partial charge in [0.05, 0.1) is 11.3 Å². The van der Waals surface area contributed by atoms with Crippen LogP contribution in [0.1, 0.15) is 40.3 Å². The summed E-state index contributed by atoms with van der Waals surface area (Å²) in [5.41, 5.74) is 1.02. The van der Waals surface area contributed by atoms with Gasteiger partial charge in [0.15, 0.2) is 11.6 Å². The van der Waals surface area contributed by atoms with Gasteiger partial charge in [-0.3, -0.25) is 9.69 Å². The van der Waals surface area contributed by atoms with E-state index in [1.807, 2.05) is 6.08 Å². The van der Waals surface area contributed by atoms with E-state index in [0.717, 1.165) is 55.1 Å². The van der Waals surface area contributed by atoms with Crippen molar-refractivity contribution in [1.29, 1.82) is 0 Å². The molecule has 0 saturated carbocycles.